The molecule has 3 N–H and O–H groups in total. The number of H-pyrrole nitrogens is 1. The van der Waals surface area contributed by atoms with Crippen molar-refractivity contribution >= 4 is 23.3 Å². The van der Waals surface area contributed by atoms with E-state index in [2.05, 4.69) is 21.9 Å². The molecule has 2 heterocycles. The highest BCUT2D eigenvalue weighted by atomic mass is 16.5. The second-order valence-corrected chi connectivity index (χ2v) is 7.32. The van der Waals surface area contributed by atoms with E-state index >= 15 is 0 Å². The average Bonchev–Trinajstić information content (AvgIpc) is 3.05. The van der Waals surface area contributed by atoms with Gasteiger partial charge in [-0.25, -0.2) is 4.79 Å². The van der Waals surface area contributed by atoms with E-state index in [0.29, 0.717) is 36.6 Å². The molecule has 166 valence electrons. The van der Waals surface area contributed by atoms with Crippen LogP contribution in [0.1, 0.15) is 30.9 Å². The van der Waals surface area contributed by atoms with Crippen LogP contribution in [0.3, 0.4) is 0 Å². The standard InChI is InChI=1S/C21H28N6O4/c1-4-5-10-31-20-24-18(22)17-19(25-20)27(21(29)23-17)13-15-7-6-14(11-16(15)30-3)12-26(2)8-9-28/h6-7,9,11H,4-5,8,10,12-13H2,1-3H3,(H,23,29)(H2,22,24,25). The van der Waals surface area contributed by atoms with Crippen molar-refractivity contribution < 1.29 is 14.3 Å². The number of anilines is 1. The Balaban J connectivity index is 1.92. The first-order chi connectivity index (χ1) is 15.0. The van der Waals surface area contributed by atoms with E-state index in [-0.39, 0.29) is 24.1 Å². The molecule has 10 heteroatoms. The van der Waals surface area contributed by atoms with E-state index in [4.69, 9.17) is 15.2 Å². The summed E-state index contributed by atoms with van der Waals surface area (Å²) in [5.74, 6) is 0.799. The van der Waals surface area contributed by atoms with Gasteiger partial charge in [0.15, 0.2) is 11.5 Å². The summed E-state index contributed by atoms with van der Waals surface area (Å²) in [4.78, 5) is 36.4. The summed E-state index contributed by atoms with van der Waals surface area (Å²) in [6.45, 7) is 3.72. The number of carbonyl (C=O) groups is 1. The first-order valence-electron chi connectivity index (χ1n) is 10.1. The van der Waals surface area contributed by atoms with Crippen LogP contribution in [0.25, 0.3) is 11.2 Å². The maximum Gasteiger partial charge on any atom is 0.328 e. The highest BCUT2D eigenvalue weighted by Crippen LogP contribution is 2.24. The van der Waals surface area contributed by atoms with Crippen molar-refractivity contribution in [1.29, 1.82) is 0 Å². The van der Waals surface area contributed by atoms with Gasteiger partial charge in [0, 0.05) is 12.1 Å². The van der Waals surface area contributed by atoms with Gasteiger partial charge in [-0.2, -0.15) is 9.97 Å². The minimum Gasteiger partial charge on any atom is -0.496 e. The summed E-state index contributed by atoms with van der Waals surface area (Å²) in [6, 6.07) is 5.89. The average molecular weight is 428 g/mol. The number of aromatic nitrogens is 4. The van der Waals surface area contributed by atoms with Gasteiger partial charge in [0.25, 0.3) is 0 Å². The van der Waals surface area contributed by atoms with E-state index in [1.807, 2.05) is 30.1 Å². The minimum atomic E-state index is -0.349. The Hall–Kier alpha value is -3.40. The SMILES string of the molecule is CCCCOc1nc(N)c2[nH]c(=O)n(Cc3ccc(CN(C)CC=O)cc3OC)c2n1. The fourth-order valence-corrected chi connectivity index (χ4v) is 3.24. The number of nitrogen functional groups attached to an aromatic ring is 1. The Morgan fingerprint density at radius 3 is 2.84 bits per heavy atom. The van der Waals surface area contributed by atoms with E-state index in [0.717, 1.165) is 30.3 Å². The number of benzene rings is 1. The second-order valence-electron chi connectivity index (χ2n) is 7.32. The number of ether oxygens (including phenoxy) is 2. The number of imidazole rings is 1. The van der Waals surface area contributed by atoms with Crippen LogP contribution < -0.4 is 20.9 Å². The third-order valence-corrected chi connectivity index (χ3v) is 4.88. The quantitative estimate of drug-likeness (QED) is 0.348. The maximum atomic E-state index is 12.6. The fourth-order valence-electron chi connectivity index (χ4n) is 3.24. The van der Waals surface area contributed by atoms with Gasteiger partial charge < -0.3 is 25.0 Å². The third-order valence-electron chi connectivity index (χ3n) is 4.88. The molecule has 0 aliphatic rings. The molecule has 0 saturated carbocycles. The van der Waals surface area contributed by atoms with Crippen molar-refractivity contribution in [2.75, 3.05) is 33.0 Å². The van der Waals surface area contributed by atoms with Gasteiger partial charge in [0.2, 0.25) is 0 Å². The molecular weight excluding hydrogens is 400 g/mol. The van der Waals surface area contributed by atoms with Crippen LogP contribution in [-0.2, 0) is 17.9 Å². The number of nitrogens with two attached hydrogens (primary N) is 1. The van der Waals surface area contributed by atoms with E-state index in [1.54, 1.807) is 7.11 Å². The van der Waals surface area contributed by atoms with Crippen LogP contribution in [0.2, 0.25) is 0 Å². The van der Waals surface area contributed by atoms with Crippen LogP contribution in [0.5, 0.6) is 11.8 Å². The van der Waals surface area contributed by atoms with Crippen molar-refractivity contribution in [1.82, 2.24) is 24.4 Å². The number of carbonyl (C=O) groups excluding carboxylic acids is 1. The summed E-state index contributed by atoms with van der Waals surface area (Å²) in [5.41, 5.74) is 8.21. The number of aldehydes is 1. The Bertz CT molecular complexity index is 1110. The lowest BCUT2D eigenvalue weighted by Gasteiger charge is -2.16. The monoisotopic (exact) mass is 428 g/mol. The van der Waals surface area contributed by atoms with Crippen molar-refractivity contribution in [2.45, 2.75) is 32.9 Å². The Morgan fingerprint density at radius 2 is 2.13 bits per heavy atom. The summed E-state index contributed by atoms with van der Waals surface area (Å²) in [5, 5.41) is 0. The second kappa shape index (κ2) is 10.1. The molecule has 0 saturated heterocycles. The molecule has 2 aromatic heterocycles. The first-order valence-corrected chi connectivity index (χ1v) is 10.1. The molecule has 10 nitrogen and oxygen atoms in total. The molecule has 0 aliphatic heterocycles. The van der Waals surface area contributed by atoms with Gasteiger partial charge in [-0.1, -0.05) is 25.5 Å². The zero-order valence-electron chi connectivity index (χ0n) is 18.1. The van der Waals surface area contributed by atoms with E-state index in [9.17, 15) is 9.59 Å². The Kier molecular flexibility index (Phi) is 7.24. The third kappa shape index (κ3) is 5.21. The molecular formula is C21H28N6O4. The Morgan fingerprint density at radius 1 is 1.32 bits per heavy atom. The molecule has 0 atom stereocenters. The predicted octanol–water partition coefficient (Wildman–Crippen LogP) is 1.57. The lowest BCUT2D eigenvalue weighted by atomic mass is 10.1. The molecule has 0 spiro atoms. The highest BCUT2D eigenvalue weighted by molar-refractivity contribution is 5.82. The maximum absolute atomic E-state index is 12.6. The molecule has 0 radical (unpaired) electrons. The van der Waals surface area contributed by atoms with Gasteiger partial charge in [-0.15, -0.1) is 0 Å². The van der Waals surface area contributed by atoms with Crippen LogP contribution in [0.4, 0.5) is 5.82 Å². The van der Waals surface area contributed by atoms with Gasteiger partial charge in [0.05, 0.1) is 26.8 Å². The molecule has 1 aromatic carbocycles. The van der Waals surface area contributed by atoms with Crippen LogP contribution in [0, 0.1) is 0 Å². The number of hydrogen-bond acceptors (Lipinski definition) is 8. The summed E-state index contributed by atoms with van der Waals surface area (Å²) < 4.78 is 12.6. The lowest BCUT2D eigenvalue weighted by Crippen LogP contribution is -2.20. The topological polar surface area (TPSA) is 128 Å². The molecule has 3 rings (SSSR count). The zero-order chi connectivity index (χ0) is 22.4. The number of methoxy groups -OCH3 is 1. The van der Waals surface area contributed by atoms with E-state index in [1.165, 1.54) is 4.57 Å². The van der Waals surface area contributed by atoms with Crippen LogP contribution in [0.15, 0.2) is 23.0 Å². The molecule has 0 unspecified atom stereocenters. The van der Waals surface area contributed by atoms with Crippen LogP contribution >= 0.6 is 0 Å². The largest absolute Gasteiger partial charge is 0.496 e. The molecule has 31 heavy (non-hydrogen) atoms. The number of nitrogens with zero attached hydrogens (tertiary/aromatic N) is 4. The normalized spacial score (nSPS) is 11.2. The minimum absolute atomic E-state index is 0.145. The lowest BCUT2D eigenvalue weighted by molar-refractivity contribution is -0.108. The molecule has 0 fully saturated rings. The number of rotatable bonds is 11. The summed E-state index contributed by atoms with van der Waals surface area (Å²) >= 11 is 0. The Labute approximate surface area is 180 Å². The molecule has 0 amide bonds. The number of hydrogen-bond donors (Lipinski definition) is 2. The van der Waals surface area contributed by atoms with Crippen molar-refractivity contribution in [2.24, 2.45) is 0 Å². The molecule has 0 bridgehead atoms. The van der Waals surface area contributed by atoms with Crippen molar-refractivity contribution in [3.8, 4) is 11.8 Å². The molecule has 0 aliphatic carbocycles. The predicted molar refractivity (Wildman–Crippen MR) is 117 cm³/mol. The van der Waals surface area contributed by atoms with Crippen molar-refractivity contribution in [3.63, 3.8) is 0 Å². The number of likely N-dealkylation sites (N-methyl/N-ethyl adjacent to an activating group) is 1. The number of nitrogens with one attached hydrogen (secondary N) is 1. The fraction of sp³-hybridized carbons (Fsp3) is 0.429. The van der Waals surface area contributed by atoms with Crippen LogP contribution in [-0.4, -0.2) is 58.0 Å². The zero-order valence-corrected chi connectivity index (χ0v) is 18.1. The molecule has 3 aromatic rings. The van der Waals surface area contributed by atoms with Gasteiger partial charge >= 0.3 is 11.7 Å². The highest BCUT2D eigenvalue weighted by Gasteiger charge is 2.16. The summed E-state index contributed by atoms with van der Waals surface area (Å²) in [6.07, 6.45) is 2.71. The smallest absolute Gasteiger partial charge is 0.328 e. The number of fused-ring (bicyclic) bond motifs is 1. The van der Waals surface area contributed by atoms with Gasteiger partial charge in [-0.05, 0) is 25.1 Å². The summed E-state index contributed by atoms with van der Waals surface area (Å²) in [7, 11) is 3.44. The van der Waals surface area contributed by atoms with Gasteiger partial charge in [0.1, 0.15) is 17.6 Å². The van der Waals surface area contributed by atoms with Gasteiger partial charge in [-0.3, -0.25) is 9.47 Å². The van der Waals surface area contributed by atoms with Crippen molar-refractivity contribution in [3.05, 3.63) is 39.8 Å². The first kappa shape index (κ1) is 22.3. The number of aromatic amines is 1. The number of unbranched alkanes of at least 4 members (excludes halogenated alkanes) is 1. The van der Waals surface area contributed by atoms with E-state index < -0.39 is 0 Å².